The van der Waals surface area contributed by atoms with Gasteiger partial charge in [-0.2, -0.15) is 13.2 Å². The average molecular weight is 277 g/mol. The third-order valence-corrected chi connectivity index (χ3v) is 3.31. The number of benzene rings is 1. The van der Waals surface area contributed by atoms with Crippen molar-refractivity contribution in [2.75, 3.05) is 12.3 Å². The zero-order valence-electron chi connectivity index (χ0n) is 10.3. The molecule has 1 aromatic rings. The van der Waals surface area contributed by atoms with Gasteiger partial charge in [0.15, 0.2) is 0 Å². The standard InChI is InChI=1S/C13H18F3NS/c1-11(17-9-10-18-13(14,15)16)7-8-12-5-3-2-4-6-12/h2-6,11,17H,7-10H2,1H3. The molecule has 0 amide bonds. The normalized spacial score (nSPS) is 13.6. The predicted molar refractivity (Wildman–Crippen MR) is 70.7 cm³/mol. The fourth-order valence-electron chi connectivity index (χ4n) is 1.60. The van der Waals surface area contributed by atoms with Crippen LogP contribution in [-0.2, 0) is 6.42 Å². The van der Waals surface area contributed by atoms with E-state index in [1.165, 1.54) is 5.56 Å². The molecule has 0 aliphatic carbocycles. The highest BCUT2D eigenvalue weighted by molar-refractivity contribution is 8.00. The van der Waals surface area contributed by atoms with E-state index in [-0.39, 0.29) is 23.6 Å². The van der Waals surface area contributed by atoms with Crippen molar-refractivity contribution in [2.24, 2.45) is 0 Å². The van der Waals surface area contributed by atoms with Crippen LogP contribution in [0.2, 0.25) is 0 Å². The van der Waals surface area contributed by atoms with Crippen LogP contribution in [-0.4, -0.2) is 23.8 Å². The molecule has 1 nitrogen and oxygen atoms in total. The lowest BCUT2D eigenvalue weighted by molar-refractivity contribution is -0.0327. The van der Waals surface area contributed by atoms with Gasteiger partial charge in [0.05, 0.1) is 0 Å². The van der Waals surface area contributed by atoms with Crippen LogP contribution in [0, 0.1) is 0 Å². The quantitative estimate of drug-likeness (QED) is 0.760. The highest BCUT2D eigenvalue weighted by atomic mass is 32.2. The summed E-state index contributed by atoms with van der Waals surface area (Å²) in [4.78, 5) is 0. The molecule has 102 valence electrons. The van der Waals surface area contributed by atoms with Crippen molar-refractivity contribution in [3.8, 4) is 0 Å². The molecule has 0 radical (unpaired) electrons. The van der Waals surface area contributed by atoms with Gasteiger partial charge in [0.2, 0.25) is 0 Å². The molecule has 1 atom stereocenters. The van der Waals surface area contributed by atoms with Crippen LogP contribution in [0.1, 0.15) is 18.9 Å². The van der Waals surface area contributed by atoms with Crippen molar-refractivity contribution >= 4 is 11.8 Å². The molecule has 0 spiro atoms. The van der Waals surface area contributed by atoms with Gasteiger partial charge in [-0.25, -0.2) is 0 Å². The topological polar surface area (TPSA) is 12.0 Å². The Balaban J connectivity index is 2.09. The van der Waals surface area contributed by atoms with Crippen molar-refractivity contribution in [3.05, 3.63) is 35.9 Å². The van der Waals surface area contributed by atoms with Gasteiger partial charge >= 0.3 is 5.51 Å². The first-order valence-electron chi connectivity index (χ1n) is 5.95. The number of hydrogen-bond acceptors (Lipinski definition) is 2. The Labute approximate surface area is 110 Å². The number of halogens is 3. The van der Waals surface area contributed by atoms with Crippen LogP contribution < -0.4 is 5.32 Å². The molecule has 0 heterocycles. The number of hydrogen-bond donors (Lipinski definition) is 1. The van der Waals surface area contributed by atoms with Crippen LogP contribution in [0.4, 0.5) is 13.2 Å². The fourth-order valence-corrected chi connectivity index (χ4v) is 2.05. The zero-order valence-corrected chi connectivity index (χ0v) is 11.2. The van der Waals surface area contributed by atoms with Gasteiger partial charge in [-0.1, -0.05) is 30.3 Å². The summed E-state index contributed by atoms with van der Waals surface area (Å²) in [5.41, 5.74) is -2.86. The van der Waals surface area contributed by atoms with Crippen LogP contribution in [0.25, 0.3) is 0 Å². The summed E-state index contributed by atoms with van der Waals surface area (Å²) in [6.07, 6.45) is 1.88. The molecule has 0 aliphatic heterocycles. The highest BCUT2D eigenvalue weighted by Gasteiger charge is 2.27. The van der Waals surface area contributed by atoms with E-state index in [1.54, 1.807) is 0 Å². The Hall–Kier alpha value is -0.680. The molecular weight excluding hydrogens is 259 g/mol. The lowest BCUT2D eigenvalue weighted by Crippen LogP contribution is -2.29. The van der Waals surface area contributed by atoms with Crippen molar-refractivity contribution in [3.63, 3.8) is 0 Å². The van der Waals surface area contributed by atoms with Crippen molar-refractivity contribution < 1.29 is 13.2 Å². The number of nitrogens with one attached hydrogen (secondary N) is 1. The van der Waals surface area contributed by atoms with E-state index in [9.17, 15) is 13.2 Å². The maximum absolute atomic E-state index is 11.9. The molecule has 0 saturated heterocycles. The molecular formula is C13H18F3NS. The van der Waals surface area contributed by atoms with Crippen LogP contribution in [0.15, 0.2) is 30.3 Å². The van der Waals surface area contributed by atoms with E-state index in [1.807, 2.05) is 25.1 Å². The SMILES string of the molecule is CC(CCc1ccccc1)NCCSC(F)(F)F. The van der Waals surface area contributed by atoms with Crippen LogP contribution in [0.5, 0.6) is 0 Å². The fraction of sp³-hybridized carbons (Fsp3) is 0.538. The lowest BCUT2D eigenvalue weighted by atomic mass is 10.1. The van der Waals surface area contributed by atoms with E-state index in [2.05, 4.69) is 17.4 Å². The monoisotopic (exact) mass is 277 g/mol. The van der Waals surface area contributed by atoms with E-state index in [4.69, 9.17) is 0 Å². The van der Waals surface area contributed by atoms with Gasteiger partial charge < -0.3 is 5.32 Å². The van der Waals surface area contributed by atoms with Crippen molar-refractivity contribution in [1.82, 2.24) is 5.32 Å². The Morgan fingerprint density at radius 1 is 1.22 bits per heavy atom. The van der Waals surface area contributed by atoms with Gasteiger partial charge in [-0.05, 0) is 37.1 Å². The van der Waals surface area contributed by atoms with Crippen LogP contribution in [0.3, 0.4) is 0 Å². The molecule has 0 fully saturated rings. The minimum atomic E-state index is -4.12. The average Bonchev–Trinajstić information content (AvgIpc) is 2.32. The summed E-state index contributed by atoms with van der Waals surface area (Å²) in [6.45, 7) is 2.39. The van der Waals surface area contributed by atoms with E-state index < -0.39 is 5.51 Å². The summed E-state index contributed by atoms with van der Waals surface area (Å²) in [7, 11) is 0. The second-order valence-electron chi connectivity index (χ2n) is 4.17. The van der Waals surface area contributed by atoms with E-state index in [0.717, 1.165) is 12.8 Å². The molecule has 1 rings (SSSR count). The number of aryl methyl sites for hydroxylation is 1. The first-order valence-corrected chi connectivity index (χ1v) is 6.94. The van der Waals surface area contributed by atoms with Gasteiger partial charge in [-0.15, -0.1) is 0 Å². The maximum atomic E-state index is 11.9. The lowest BCUT2D eigenvalue weighted by Gasteiger charge is -2.14. The molecule has 1 N–H and O–H groups in total. The van der Waals surface area contributed by atoms with Gasteiger partial charge in [0, 0.05) is 18.3 Å². The summed E-state index contributed by atoms with van der Waals surface area (Å²) < 4.78 is 35.7. The third-order valence-electron chi connectivity index (χ3n) is 2.57. The van der Waals surface area contributed by atoms with E-state index >= 15 is 0 Å². The smallest absolute Gasteiger partial charge is 0.313 e. The van der Waals surface area contributed by atoms with Crippen molar-refractivity contribution in [2.45, 2.75) is 31.3 Å². The Bertz CT molecular complexity index is 327. The molecule has 18 heavy (non-hydrogen) atoms. The van der Waals surface area contributed by atoms with Gasteiger partial charge in [0.1, 0.15) is 0 Å². The molecule has 5 heteroatoms. The first kappa shape index (κ1) is 15.4. The Morgan fingerprint density at radius 3 is 2.50 bits per heavy atom. The zero-order chi connectivity index (χ0) is 13.4. The first-order chi connectivity index (χ1) is 8.47. The summed E-state index contributed by atoms with van der Waals surface area (Å²) in [5.74, 6) is 0.0686. The van der Waals surface area contributed by atoms with Gasteiger partial charge in [-0.3, -0.25) is 0 Å². The summed E-state index contributed by atoms with van der Waals surface area (Å²) >= 11 is 0.0275. The minimum Gasteiger partial charge on any atom is -0.313 e. The number of rotatable bonds is 7. The van der Waals surface area contributed by atoms with E-state index in [0.29, 0.717) is 6.54 Å². The molecule has 1 aromatic carbocycles. The van der Waals surface area contributed by atoms with Gasteiger partial charge in [0.25, 0.3) is 0 Å². The Kier molecular flexibility index (Phi) is 6.57. The molecule has 1 unspecified atom stereocenters. The maximum Gasteiger partial charge on any atom is 0.441 e. The summed E-state index contributed by atoms with van der Waals surface area (Å²) in [6, 6.07) is 10.3. The molecule has 0 saturated carbocycles. The van der Waals surface area contributed by atoms with Crippen LogP contribution >= 0.6 is 11.8 Å². The minimum absolute atomic E-state index is 0.0275. The molecule has 0 aliphatic rings. The highest BCUT2D eigenvalue weighted by Crippen LogP contribution is 2.29. The largest absolute Gasteiger partial charge is 0.441 e. The molecule has 0 bridgehead atoms. The number of alkyl halides is 3. The third kappa shape index (κ3) is 7.61. The van der Waals surface area contributed by atoms with Crippen molar-refractivity contribution in [1.29, 1.82) is 0 Å². The second-order valence-corrected chi connectivity index (χ2v) is 5.33. The summed E-state index contributed by atoms with van der Waals surface area (Å²) in [5, 5.41) is 3.10. The predicted octanol–water partition coefficient (Wildman–Crippen LogP) is 3.85. The molecule has 0 aromatic heterocycles. The Morgan fingerprint density at radius 2 is 1.89 bits per heavy atom. The second kappa shape index (κ2) is 7.69. The number of thioether (sulfide) groups is 1.